The Labute approximate surface area is 173 Å². The van der Waals surface area contributed by atoms with Crippen LogP contribution < -0.4 is 10.2 Å². The van der Waals surface area contributed by atoms with Crippen molar-refractivity contribution in [2.24, 2.45) is 0 Å². The Morgan fingerprint density at radius 2 is 1.93 bits per heavy atom. The summed E-state index contributed by atoms with van der Waals surface area (Å²) in [5.74, 6) is 0.714. The Kier molecular flexibility index (Phi) is 5.26. The summed E-state index contributed by atoms with van der Waals surface area (Å²) in [6, 6.07) is 8.85. The maximum atomic E-state index is 12.4. The second-order valence-electron chi connectivity index (χ2n) is 7.29. The van der Waals surface area contributed by atoms with Crippen molar-refractivity contribution in [1.29, 1.82) is 0 Å². The van der Waals surface area contributed by atoms with E-state index in [2.05, 4.69) is 20.2 Å². The van der Waals surface area contributed by atoms with Crippen molar-refractivity contribution in [2.75, 3.05) is 24.2 Å². The quantitative estimate of drug-likeness (QED) is 0.684. The number of carbonyl (C=O) groups excluding carboxylic acids is 1. The second kappa shape index (κ2) is 7.72. The Bertz CT molecular complexity index is 1170. The predicted octanol–water partition coefficient (Wildman–Crippen LogP) is 2.80. The van der Waals surface area contributed by atoms with Gasteiger partial charge in [0, 0.05) is 35.7 Å². The first kappa shape index (κ1) is 19.8. The van der Waals surface area contributed by atoms with Gasteiger partial charge in [-0.25, -0.2) is 18.4 Å². The van der Waals surface area contributed by atoms with Gasteiger partial charge < -0.3 is 10.2 Å². The Morgan fingerprint density at radius 1 is 1.17 bits per heavy atom. The van der Waals surface area contributed by atoms with Gasteiger partial charge in [0.25, 0.3) is 5.91 Å². The smallest absolute Gasteiger partial charge is 0.261 e. The highest BCUT2D eigenvalue weighted by atomic mass is 32.2. The highest BCUT2D eigenvalue weighted by molar-refractivity contribution is 7.90. The van der Waals surface area contributed by atoms with Gasteiger partial charge in [0.1, 0.15) is 12.1 Å². The Hall–Kier alpha value is -2.52. The van der Waals surface area contributed by atoms with E-state index in [1.54, 1.807) is 18.2 Å². The molecule has 1 saturated heterocycles. The summed E-state index contributed by atoms with van der Waals surface area (Å²) < 4.78 is 23.9. The number of anilines is 1. The largest absolute Gasteiger partial charge is 0.356 e. The molecule has 0 radical (unpaired) electrons. The molecule has 3 aromatic rings. The van der Waals surface area contributed by atoms with Crippen molar-refractivity contribution in [2.45, 2.75) is 30.7 Å². The van der Waals surface area contributed by atoms with Crippen molar-refractivity contribution in [3.63, 3.8) is 0 Å². The fourth-order valence-corrected chi connectivity index (χ4v) is 4.97. The van der Waals surface area contributed by atoms with Crippen LogP contribution in [0.2, 0.25) is 0 Å². The van der Waals surface area contributed by atoms with Crippen LogP contribution in [0.5, 0.6) is 0 Å². The van der Waals surface area contributed by atoms with Crippen molar-refractivity contribution >= 4 is 43.8 Å². The third-order valence-corrected chi connectivity index (χ3v) is 7.22. The van der Waals surface area contributed by atoms with E-state index in [1.165, 1.54) is 23.9 Å². The number of nitrogens with zero attached hydrogens (tertiary/aromatic N) is 3. The van der Waals surface area contributed by atoms with Crippen LogP contribution in [-0.2, 0) is 9.84 Å². The molecule has 0 atom stereocenters. The molecule has 1 fully saturated rings. The monoisotopic (exact) mass is 430 g/mol. The van der Waals surface area contributed by atoms with Gasteiger partial charge in [-0.1, -0.05) is 0 Å². The van der Waals surface area contributed by atoms with Gasteiger partial charge in [0.2, 0.25) is 0 Å². The van der Waals surface area contributed by atoms with Gasteiger partial charge in [-0.05, 0) is 50.1 Å². The number of carbonyl (C=O) groups is 1. The number of nitrogens with one attached hydrogen (secondary N) is 1. The number of fused-ring (bicyclic) bond motifs is 1. The molecule has 1 aliphatic rings. The molecule has 4 rings (SSSR count). The number of rotatable bonds is 4. The minimum Gasteiger partial charge on any atom is -0.356 e. The highest BCUT2D eigenvalue weighted by Gasteiger charge is 2.24. The van der Waals surface area contributed by atoms with Gasteiger partial charge in [0.05, 0.1) is 15.3 Å². The van der Waals surface area contributed by atoms with Gasteiger partial charge >= 0.3 is 0 Å². The van der Waals surface area contributed by atoms with Crippen LogP contribution in [-0.4, -0.2) is 49.7 Å². The maximum absolute atomic E-state index is 12.4. The normalized spacial score (nSPS) is 15.6. The van der Waals surface area contributed by atoms with Crippen LogP contribution >= 0.6 is 11.3 Å². The van der Waals surface area contributed by atoms with Gasteiger partial charge in [-0.2, -0.15) is 0 Å². The lowest BCUT2D eigenvalue weighted by Gasteiger charge is -2.33. The molecule has 1 aromatic carbocycles. The van der Waals surface area contributed by atoms with E-state index in [0.717, 1.165) is 46.9 Å². The van der Waals surface area contributed by atoms with Gasteiger partial charge in [-0.3, -0.25) is 4.79 Å². The molecule has 0 saturated carbocycles. The molecular formula is C20H22N4O3S2. The number of amides is 1. The number of thiophene rings is 1. The molecule has 3 heterocycles. The van der Waals surface area contributed by atoms with Crippen LogP contribution in [0.3, 0.4) is 0 Å². The van der Waals surface area contributed by atoms with E-state index in [0.29, 0.717) is 5.52 Å². The van der Waals surface area contributed by atoms with Gasteiger partial charge in [0.15, 0.2) is 9.84 Å². The van der Waals surface area contributed by atoms with Crippen LogP contribution in [0.25, 0.3) is 10.9 Å². The Balaban J connectivity index is 1.49. The molecule has 9 heteroatoms. The summed E-state index contributed by atoms with van der Waals surface area (Å²) >= 11 is 1.50. The van der Waals surface area contributed by atoms with E-state index >= 15 is 0 Å². The molecule has 0 aliphatic carbocycles. The summed E-state index contributed by atoms with van der Waals surface area (Å²) in [4.78, 5) is 25.3. The maximum Gasteiger partial charge on any atom is 0.261 e. The topological polar surface area (TPSA) is 92.3 Å². The fourth-order valence-electron chi connectivity index (χ4n) is 3.55. The lowest BCUT2D eigenvalue weighted by atomic mass is 10.0. The number of hydrogen-bond donors (Lipinski definition) is 1. The molecule has 29 heavy (non-hydrogen) atoms. The van der Waals surface area contributed by atoms with E-state index < -0.39 is 9.84 Å². The first-order valence-corrected chi connectivity index (χ1v) is 12.1. The number of aromatic nitrogens is 2. The second-order valence-corrected chi connectivity index (χ2v) is 10.6. The molecule has 1 N–H and O–H groups in total. The summed E-state index contributed by atoms with van der Waals surface area (Å²) in [5.41, 5.74) is 0.714. The zero-order valence-corrected chi connectivity index (χ0v) is 17.9. The third-order valence-electron chi connectivity index (χ3n) is 5.11. The van der Waals surface area contributed by atoms with Crippen LogP contribution in [0.15, 0.2) is 41.6 Å². The lowest BCUT2D eigenvalue weighted by molar-refractivity contribution is 0.0935. The average molecular weight is 431 g/mol. The molecule has 1 amide bonds. The van der Waals surface area contributed by atoms with Crippen molar-refractivity contribution in [3.05, 3.63) is 46.4 Å². The first-order chi connectivity index (χ1) is 13.8. The van der Waals surface area contributed by atoms with Crippen LogP contribution in [0.4, 0.5) is 5.82 Å². The molecule has 0 bridgehead atoms. The average Bonchev–Trinajstić information content (AvgIpc) is 3.13. The van der Waals surface area contributed by atoms with Crippen molar-refractivity contribution in [3.8, 4) is 0 Å². The van der Waals surface area contributed by atoms with E-state index in [9.17, 15) is 13.2 Å². The molecule has 152 valence electrons. The SMILES string of the molecule is Cc1ccc(C(=O)NC2CCN(c3ncnc4ccc(S(C)(=O)=O)cc34)CC2)s1. The first-order valence-electron chi connectivity index (χ1n) is 9.38. The number of benzene rings is 1. The summed E-state index contributed by atoms with van der Waals surface area (Å²) in [7, 11) is -3.31. The van der Waals surface area contributed by atoms with Gasteiger partial charge in [-0.15, -0.1) is 11.3 Å². The summed E-state index contributed by atoms with van der Waals surface area (Å²) in [6.07, 6.45) is 4.30. The van der Waals surface area contributed by atoms with Crippen molar-refractivity contribution < 1.29 is 13.2 Å². The summed E-state index contributed by atoms with van der Waals surface area (Å²) in [6.45, 7) is 3.44. The number of sulfone groups is 1. The minimum atomic E-state index is -3.31. The zero-order valence-electron chi connectivity index (χ0n) is 16.3. The summed E-state index contributed by atoms with van der Waals surface area (Å²) in [5, 5.41) is 3.85. The van der Waals surface area contributed by atoms with E-state index in [-0.39, 0.29) is 16.8 Å². The number of piperidine rings is 1. The van der Waals surface area contributed by atoms with Crippen LogP contribution in [0.1, 0.15) is 27.4 Å². The fraction of sp³-hybridized carbons (Fsp3) is 0.350. The molecule has 1 aliphatic heterocycles. The lowest BCUT2D eigenvalue weighted by Crippen LogP contribution is -2.44. The zero-order chi connectivity index (χ0) is 20.6. The number of aryl methyl sites for hydroxylation is 1. The molecule has 7 nitrogen and oxygen atoms in total. The molecule has 2 aromatic heterocycles. The minimum absolute atomic E-state index is 0.0215. The van der Waals surface area contributed by atoms with Crippen molar-refractivity contribution in [1.82, 2.24) is 15.3 Å². The highest BCUT2D eigenvalue weighted by Crippen LogP contribution is 2.28. The molecule has 0 spiro atoms. The Morgan fingerprint density at radius 3 is 2.59 bits per heavy atom. The molecule has 0 unspecified atom stereocenters. The molecular weight excluding hydrogens is 408 g/mol. The standard InChI is InChI=1S/C20H22N4O3S2/c1-13-3-6-18(28-13)20(25)23-14-7-9-24(10-8-14)19-16-11-15(29(2,26)27)4-5-17(16)21-12-22-19/h3-6,11-12,14H,7-10H2,1-2H3,(H,23,25). The van der Waals surface area contributed by atoms with E-state index in [4.69, 9.17) is 0 Å². The predicted molar refractivity (Wildman–Crippen MR) is 114 cm³/mol. The third kappa shape index (κ3) is 4.25. The van der Waals surface area contributed by atoms with Crippen LogP contribution in [0, 0.1) is 6.92 Å². The number of hydrogen-bond acceptors (Lipinski definition) is 7. The van der Waals surface area contributed by atoms with E-state index in [1.807, 2.05) is 19.1 Å².